The molecule has 1 heterocycles. The van der Waals surface area contributed by atoms with Crippen LogP contribution in [0.25, 0.3) is 11.5 Å². The third-order valence-electron chi connectivity index (χ3n) is 2.46. The zero-order chi connectivity index (χ0) is 13.8. The third-order valence-corrected chi connectivity index (χ3v) is 2.78. The molecular weight excluding hydrogens is 272 g/mol. The highest BCUT2D eigenvalue weighted by Crippen LogP contribution is 2.35. The van der Waals surface area contributed by atoms with Crippen molar-refractivity contribution in [2.45, 2.75) is 12.8 Å². The second-order valence-corrected chi connectivity index (χ2v) is 4.19. The Morgan fingerprint density at radius 2 is 2.21 bits per heavy atom. The smallest absolute Gasteiger partial charge is 0.283 e. The van der Waals surface area contributed by atoms with Crippen LogP contribution in [0.1, 0.15) is 12.3 Å². The lowest BCUT2D eigenvalue weighted by Gasteiger charge is -2.00. The first-order valence-corrected chi connectivity index (χ1v) is 5.97. The number of rotatable bonds is 5. The van der Waals surface area contributed by atoms with Crippen LogP contribution in [-0.2, 0) is 6.42 Å². The predicted octanol–water partition coefficient (Wildman–Crippen LogP) is 2.19. The van der Waals surface area contributed by atoms with E-state index >= 15 is 0 Å². The zero-order valence-electron chi connectivity index (χ0n) is 9.88. The van der Waals surface area contributed by atoms with Gasteiger partial charge in [-0.1, -0.05) is 17.7 Å². The molecule has 0 amide bonds. The van der Waals surface area contributed by atoms with Crippen LogP contribution in [0.3, 0.4) is 0 Å². The summed E-state index contributed by atoms with van der Waals surface area (Å²) in [5.74, 6) is 0.430. The second kappa shape index (κ2) is 5.77. The van der Waals surface area contributed by atoms with Crippen LogP contribution in [0.15, 0.2) is 22.6 Å². The van der Waals surface area contributed by atoms with Crippen molar-refractivity contribution >= 4 is 17.3 Å². The molecule has 19 heavy (non-hydrogen) atoms. The number of nitro benzene ring substituents is 1. The van der Waals surface area contributed by atoms with Gasteiger partial charge in [0.2, 0.25) is 5.89 Å². The van der Waals surface area contributed by atoms with Crippen molar-refractivity contribution in [1.29, 1.82) is 0 Å². The van der Waals surface area contributed by atoms with E-state index in [4.69, 9.17) is 21.8 Å². The van der Waals surface area contributed by atoms with Crippen molar-refractivity contribution in [3.63, 3.8) is 0 Å². The molecule has 1 aromatic carbocycles. The molecule has 2 rings (SSSR count). The molecule has 2 aromatic rings. The number of hydrogen-bond donors (Lipinski definition) is 1. The second-order valence-electron chi connectivity index (χ2n) is 3.78. The van der Waals surface area contributed by atoms with E-state index in [-0.39, 0.29) is 22.2 Å². The van der Waals surface area contributed by atoms with Crippen molar-refractivity contribution in [3.8, 4) is 11.5 Å². The van der Waals surface area contributed by atoms with Crippen LogP contribution in [0.2, 0.25) is 5.02 Å². The Morgan fingerprint density at radius 3 is 2.89 bits per heavy atom. The molecule has 0 aliphatic carbocycles. The van der Waals surface area contributed by atoms with Crippen LogP contribution >= 0.6 is 11.6 Å². The minimum Gasteiger partial charge on any atom is -0.420 e. The van der Waals surface area contributed by atoms with E-state index in [2.05, 4.69) is 10.2 Å². The maximum atomic E-state index is 11.0. The lowest BCUT2D eigenvalue weighted by Crippen LogP contribution is -2.00. The number of hydrogen-bond acceptors (Lipinski definition) is 6. The van der Waals surface area contributed by atoms with E-state index < -0.39 is 4.92 Å². The van der Waals surface area contributed by atoms with E-state index in [1.807, 2.05) is 0 Å². The molecule has 2 N–H and O–H groups in total. The van der Waals surface area contributed by atoms with Crippen molar-refractivity contribution in [1.82, 2.24) is 10.2 Å². The Bertz CT molecular complexity index is 599. The predicted molar refractivity (Wildman–Crippen MR) is 68.8 cm³/mol. The molecule has 0 spiro atoms. The maximum Gasteiger partial charge on any atom is 0.283 e. The summed E-state index contributed by atoms with van der Waals surface area (Å²) in [5.41, 5.74) is 5.36. The highest BCUT2D eigenvalue weighted by atomic mass is 35.5. The van der Waals surface area contributed by atoms with Gasteiger partial charge in [-0.15, -0.1) is 10.2 Å². The Hall–Kier alpha value is -1.99. The number of nitro groups is 1. The molecule has 0 radical (unpaired) electrons. The third kappa shape index (κ3) is 2.88. The van der Waals surface area contributed by atoms with Crippen molar-refractivity contribution in [2.75, 3.05) is 6.54 Å². The topological polar surface area (TPSA) is 108 Å². The van der Waals surface area contributed by atoms with Gasteiger partial charge < -0.3 is 10.2 Å². The molecule has 0 atom stereocenters. The number of benzene rings is 1. The summed E-state index contributed by atoms with van der Waals surface area (Å²) in [7, 11) is 0. The fourth-order valence-electron chi connectivity index (χ4n) is 1.59. The summed E-state index contributed by atoms with van der Waals surface area (Å²) in [6.07, 6.45) is 1.23. The van der Waals surface area contributed by atoms with Crippen molar-refractivity contribution in [2.24, 2.45) is 5.73 Å². The molecule has 0 fully saturated rings. The van der Waals surface area contributed by atoms with Crippen LogP contribution < -0.4 is 5.73 Å². The Balaban J connectivity index is 2.41. The lowest BCUT2D eigenvalue weighted by atomic mass is 10.2. The molecule has 1 aromatic heterocycles. The zero-order valence-corrected chi connectivity index (χ0v) is 10.6. The Kier molecular flexibility index (Phi) is 4.08. The minimum atomic E-state index is -0.537. The minimum absolute atomic E-state index is 0.0457. The average molecular weight is 283 g/mol. The maximum absolute atomic E-state index is 11.0. The van der Waals surface area contributed by atoms with Gasteiger partial charge in [-0.05, 0) is 19.0 Å². The Labute approximate surface area is 113 Å². The molecule has 0 aliphatic rings. The number of nitrogens with zero attached hydrogens (tertiary/aromatic N) is 3. The number of nitrogens with two attached hydrogens (primary N) is 1. The molecular formula is C11H11ClN4O3. The SMILES string of the molecule is NCCCc1nnc(-c2c(Cl)cccc2[N+](=O)[O-])o1. The van der Waals surface area contributed by atoms with E-state index in [9.17, 15) is 10.1 Å². The molecule has 8 heteroatoms. The molecule has 0 aliphatic heterocycles. The van der Waals surface area contributed by atoms with Gasteiger partial charge in [0.25, 0.3) is 11.6 Å². The summed E-state index contributed by atoms with van der Waals surface area (Å²) in [5, 5.41) is 18.8. The van der Waals surface area contributed by atoms with Crippen molar-refractivity contribution in [3.05, 3.63) is 39.2 Å². The van der Waals surface area contributed by atoms with Gasteiger partial charge in [0.1, 0.15) is 5.56 Å². The van der Waals surface area contributed by atoms with Gasteiger partial charge in [0.15, 0.2) is 0 Å². The van der Waals surface area contributed by atoms with Gasteiger partial charge in [-0.25, -0.2) is 0 Å². The van der Waals surface area contributed by atoms with Gasteiger partial charge in [-0.3, -0.25) is 10.1 Å². The van der Waals surface area contributed by atoms with Crippen LogP contribution in [-0.4, -0.2) is 21.7 Å². The number of aryl methyl sites for hydroxylation is 1. The molecule has 0 saturated carbocycles. The summed E-state index contributed by atoms with van der Waals surface area (Å²) < 4.78 is 5.38. The van der Waals surface area contributed by atoms with Gasteiger partial charge >= 0.3 is 0 Å². The molecule has 7 nitrogen and oxygen atoms in total. The normalized spacial score (nSPS) is 10.6. The lowest BCUT2D eigenvalue weighted by molar-refractivity contribution is -0.384. The monoisotopic (exact) mass is 282 g/mol. The van der Waals surface area contributed by atoms with Crippen LogP contribution in [0.5, 0.6) is 0 Å². The van der Waals surface area contributed by atoms with Crippen LogP contribution in [0, 0.1) is 10.1 Å². The fraction of sp³-hybridized carbons (Fsp3) is 0.273. The highest BCUT2D eigenvalue weighted by Gasteiger charge is 2.23. The van der Waals surface area contributed by atoms with E-state index in [1.54, 1.807) is 0 Å². The summed E-state index contributed by atoms with van der Waals surface area (Å²) >= 11 is 5.97. The first-order chi connectivity index (χ1) is 9.13. The molecule has 0 unspecified atom stereocenters. The van der Waals surface area contributed by atoms with E-state index in [0.29, 0.717) is 25.3 Å². The quantitative estimate of drug-likeness (QED) is 0.665. The molecule has 0 saturated heterocycles. The average Bonchev–Trinajstić information content (AvgIpc) is 2.84. The molecule has 0 bridgehead atoms. The first-order valence-electron chi connectivity index (χ1n) is 5.59. The largest absolute Gasteiger partial charge is 0.420 e. The Morgan fingerprint density at radius 1 is 1.42 bits per heavy atom. The summed E-state index contributed by atoms with van der Waals surface area (Å²) in [6.45, 7) is 0.504. The summed E-state index contributed by atoms with van der Waals surface area (Å²) in [4.78, 5) is 10.4. The summed E-state index contributed by atoms with van der Waals surface area (Å²) in [6, 6.07) is 4.37. The van der Waals surface area contributed by atoms with Crippen molar-refractivity contribution < 1.29 is 9.34 Å². The van der Waals surface area contributed by atoms with Gasteiger partial charge in [0, 0.05) is 12.5 Å². The van der Waals surface area contributed by atoms with Gasteiger partial charge in [-0.2, -0.15) is 0 Å². The molecule has 100 valence electrons. The van der Waals surface area contributed by atoms with E-state index in [0.717, 1.165) is 0 Å². The number of aromatic nitrogens is 2. The van der Waals surface area contributed by atoms with E-state index in [1.165, 1.54) is 18.2 Å². The van der Waals surface area contributed by atoms with Gasteiger partial charge in [0.05, 0.1) is 9.95 Å². The fourth-order valence-corrected chi connectivity index (χ4v) is 1.84. The number of halogens is 1. The van der Waals surface area contributed by atoms with Crippen LogP contribution in [0.4, 0.5) is 5.69 Å². The highest BCUT2D eigenvalue weighted by molar-refractivity contribution is 6.33. The standard InChI is InChI=1S/C11H11ClN4O3/c12-7-3-1-4-8(16(17)18)10(7)11-15-14-9(19-11)5-2-6-13/h1,3-4H,2,5-6,13H2. The first kappa shape index (κ1) is 13.4.